The molecule has 3 heteroatoms. The zero-order chi connectivity index (χ0) is 12.1. The first kappa shape index (κ1) is 10.1. The van der Waals surface area contributed by atoms with Gasteiger partial charge in [0.25, 0.3) is 0 Å². The number of fused-ring (bicyclic) bond motifs is 4. The van der Waals surface area contributed by atoms with Crippen molar-refractivity contribution in [3.63, 3.8) is 0 Å². The molecular formula is C15H8BNS. The smallest absolute Gasteiger partial charge is 0.116 e. The molecule has 2 heterocycles. The van der Waals surface area contributed by atoms with E-state index in [2.05, 4.69) is 12.1 Å². The van der Waals surface area contributed by atoms with Crippen molar-refractivity contribution in [1.29, 1.82) is 0 Å². The SMILES string of the molecule is [B]c1c2ccccc2nc2c1sc1ccccc12. The average Bonchev–Trinajstić information content (AvgIpc) is 2.79. The van der Waals surface area contributed by atoms with Gasteiger partial charge in [0.1, 0.15) is 7.85 Å². The standard InChI is InChI=1S/C15H8BNS/c16-13-9-5-1-3-7-11(9)17-14-10-6-2-4-8-12(10)18-15(13)14/h1-8H. The molecular weight excluding hydrogens is 237 g/mol. The fraction of sp³-hybridized carbons (Fsp3) is 0. The summed E-state index contributed by atoms with van der Waals surface area (Å²) in [4.78, 5) is 4.76. The van der Waals surface area contributed by atoms with Gasteiger partial charge in [-0.15, -0.1) is 11.3 Å². The lowest BCUT2D eigenvalue weighted by Gasteiger charge is -2.03. The summed E-state index contributed by atoms with van der Waals surface area (Å²) in [6.45, 7) is 0. The van der Waals surface area contributed by atoms with Crippen molar-refractivity contribution < 1.29 is 0 Å². The van der Waals surface area contributed by atoms with Crippen LogP contribution in [0.15, 0.2) is 48.5 Å². The molecule has 0 aliphatic heterocycles. The normalized spacial score (nSPS) is 11.6. The first-order valence-electron chi connectivity index (χ1n) is 5.80. The minimum Gasteiger partial charge on any atom is -0.246 e. The third-order valence-electron chi connectivity index (χ3n) is 3.24. The summed E-state index contributed by atoms with van der Waals surface area (Å²) in [5.74, 6) is 0. The molecule has 1 nitrogen and oxygen atoms in total. The predicted molar refractivity (Wildman–Crippen MR) is 80.0 cm³/mol. The fourth-order valence-corrected chi connectivity index (χ4v) is 3.48. The molecule has 2 radical (unpaired) electrons. The van der Waals surface area contributed by atoms with E-state index < -0.39 is 0 Å². The molecule has 4 rings (SSSR count). The molecule has 0 bridgehead atoms. The Bertz CT molecular complexity index is 895. The van der Waals surface area contributed by atoms with Crippen LogP contribution in [-0.4, -0.2) is 12.8 Å². The highest BCUT2D eigenvalue weighted by Crippen LogP contribution is 2.32. The van der Waals surface area contributed by atoms with Crippen molar-refractivity contribution >= 4 is 55.9 Å². The molecule has 0 fully saturated rings. The van der Waals surface area contributed by atoms with Crippen molar-refractivity contribution in [1.82, 2.24) is 4.98 Å². The molecule has 18 heavy (non-hydrogen) atoms. The van der Waals surface area contributed by atoms with Crippen molar-refractivity contribution in [3.8, 4) is 0 Å². The van der Waals surface area contributed by atoms with Crippen LogP contribution >= 0.6 is 11.3 Å². The van der Waals surface area contributed by atoms with Gasteiger partial charge >= 0.3 is 0 Å². The first-order chi connectivity index (χ1) is 8.84. The van der Waals surface area contributed by atoms with Crippen molar-refractivity contribution in [2.24, 2.45) is 0 Å². The predicted octanol–water partition coefficient (Wildman–Crippen LogP) is 3.40. The summed E-state index contributed by atoms with van der Waals surface area (Å²) >= 11 is 1.72. The van der Waals surface area contributed by atoms with E-state index in [4.69, 9.17) is 12.8 Å². The van der Waals surface area contributed by atoms with Gasteiger partial charge in [-0.1, -0.05) is 41.9 Å². The Morgan fingerprint density at radius 1 is 0.889 bits per heavy atom. The van der Waals surface area contributed by atoms with E-state index in [-0.39, 0.29) is 0 Å². The Balaban J connectivity index is 2.33. The maximum Gasteiger partial charge on any atom is 0.116 e. The van der Waals surface area contributed by atoms with E-state index in [1.165, 1.54) is 10.1 Å². The summed E-state index contributed by atoms with van der Waals surface area (Å²) in [5, 5.41) is 2.23. The summed E-state index contributed by atoms with van der Waals surface area (Å²) in [6, 6.07) is 16.4. The molecule has 4 aromatic rings. The van der Waals surface area contributed by atoms with Gasteiger partial charge in [0.15, 0.2) is 0 Å². The van der Waals surface area contributed by atoms with Crippen LogP contribution in [-0.2, 0) is 0 Å². The second-order valence-corrected chi connectivity index (χ2v) is 5.37. The van der Waals surface area contributed by atoms with Gasteiger partial charge in [-0.05, 0) is 17.5 Å². The van der Waals surface area contributed by atoms with Crippen molar-refractivity contribution in [2.75, 3.05) is 0 Å². The van der Waals surface area contributed by atoms with E-state index in [0.717, 1.165) is 26.6 Å². The molecule has 2 aromatic heterocycles. The Morgan fingerprint density at radius 3 is 2.50 bits per heavy atom. The van der Waals surface area contributed by atoms with E-state index in [1.807, 2.05) is 36.4 Å². The number of hydrogen-bond acceptors (Lipinski definition) is 2. The Kier molecular flexibility index (Phi) is 2.00. The molecule has 0 N–H and O–H groups in total. The van der Waals surface area contributed by atoms with Gasteiger partial charge < -0.3 is 0 Å². The first-order valence-corrected chi connectivity index (χ1v) is 6.62. The zero-order valence-corrected chi connectivity index (χ0v) is 10.4. The van der Waals surface area contributed by atoms with Crippen LogP contribution in [0.5, 0.6) is 0 Å². The van der Waals surface area contributed by atoms with Crippen LogP contribution in [0.2, 0.25) is 0 Å². The molecule has 0 unspecified atom stereocenters. The lowest BCUT2D eigenvalue weighted by Crippen LogP contribution is -2.05. The third kappa shape index (κ3) is 1.25. The van der Waals surface area contributed by atoms with Crippen LogP contribution in [0.25, 0.3) is 31.2 Å². The Morgan fingerprint density at radius 2 is 1.61 bits per heavy atom. The van der Waals surface area contributed by atoms with Crippen LogP contribution in [0, 0.1) is 0 Å². The summed E-state index contributed by atoms with van der Waals surface area (Å²) in [7, 11) is 6.29. The number of hydrogen-bond donors (Lipinski definition) is 0. The summed E-state index contributed by atoms with van der Waals surface area (Å²) in [5.41, 5.74) is 2.83. The molecule has 0 aliphatic carbocycles. The van der Waals surface area contributed by atoms with Crippen LogP contribution < -0.4 is 5.46 Å². The maximum absolute atomic E-state index is 6.29. The van der Waals surface area contributed by atoms with Crippen LogP contribution in [0.1, 0.15) is 0 Å². The molecule has 0 atom stereocenters. The second kappa shape index (κ2) is 3.56. The second-order valence-electron chi connectivity index (χ2n) is 4.32. The lowest BCUT2D eigenvalue weighted by molar-refractivity contribution is 1.54. The molecule has 0 aliphatic rings. The fourth-order valence-electron chi connectivity index (χ4n) is 2.37. The number of pyridine rings is 1. The average molecular weight is 245 g/mol. The number of para-hydroxylation sites is 1. The quantitative estimate of drug-likeness (QED) is 0.433. The van der Waals surface area contributed by atoms with E-state index in [0.29, 0.717) is 0 Å². The highest BCUT2D eigenvalue weighted by molar-refractivity contribution is 7.26. The van der Waals surface area contributed by atoms with Crippen molar-refractivity contribution in [3.05, 3.63) is 48.5 Å². The molecule has 0 amide bonds. The summed E-state index contributed by atoms with van der Waals surface area (Å²) in [6.07, 6.45) is 0. The third-order valence-corrected chi connectivity index (χ3v) is 4.43. The molecule has 0 spiro atoms. The number of thiophene rings is 1. The number of aromatic nitrogens is 1. The Hall–Kier alpha value is -1.87. The van der Waals surface area contributed by atoms with Gasteiger partial charge in [0.2, 0.25) is 0 Å². The highest BCUT2D eigenvalue weighted by atomic mass is 32.1. The van der Waals surface area contributed by atoms with Crippen molar-refractivity contribution in [2.45, 2.75) is 0 Å². The van der Waals surface area contributed by atoms with Gasteiger partial charge in [0.05, 0.1) is 11.0 Å². The molecule has 0 saturated heterocycles. The van der Waals surface area contributed by atoms with E-state index in [9.17, 15) is 0 Å². The number of nitrogens with zero attached hydrogens (tertiary/aromatic N) is 1. The topological polar surface area (TPSA) is 12.9 Å². The van der Waals surface area contributed by atoms with E-state index in [1.54, 1.807) is 11.3 Å². The van der Waals surface area contributed by atoms with Gasteiger partial charge in [0, 0.05) is 14.8 Å². The highest BCUT2D eigenvalue weighted by Gasteiger charge is 2.10. The largest absolute Gasteiger partial charge is 0.246 e. The monoisotopic (exact) mass is 245 g/mol. The molecule has 2 aromatic carbocycles. The van der Waals surface area contributed by atoms with Crippen LogP contribution in [0.3, 0.4) is 0 Å². The van der Waals surface area contributed by atoms with Gasteiger partial charge in [-0.2, -0.15) is 0 Å². The minimum atomic E-state index is 0.844. The van der Waals surface area contributed by atoms with Crippen LogP contribution in [0.4, 0.5) is 0 Å². The number of rotatable bonds is 0. The zero-order valence-electron chi connectivity index (χ0n) is 9.55. The van der Waals surface area contributed by atoms with Gasteiger partial charge in [-0.25, -0.2) is 4.98 Å². The lowest BCUT2D eigenvalue weighted by atomic mass is 9.91. The molecule has 82 valence electrons. The Labute approximate surface area is 109 Å². The molecule has 0 saturated carbocycles. The minimum absolute atomic E-state index is 0.844. The van der Waals surface area contributed by atoms with Gasteiger partial charge in [-0.3, -0.25) is 0 Å². The number of benzene rings is 2. The maximum atomic E-state index is 6.29. The van der Waals surface area contributed by atoms with E-state index >= 15 is 0 Å². The summed E-state index contributed by atoms with van der Waals surface area (Å²) < 4.78 is 2.33.